The highest BCUT2D eigenvalue weighted by atomic mass is 35.5. The lowest BCUT2D eigenvalue weighted by Crippen LogP contribution is -2.35. The summed E-state index contributed by atoms with van der Waals surface area (Å²) < 4.78 is 13.3. The minimum absolute atomic E-state index is 0.00255. The molecule has 0 saturated heterocycles. The Bertz CT molecular complexity index is 1070. The molecule has 174 valence electrons. The van der Waals surface area contributed by atoms with Gasteiger partial charge < -0.3 is 14.8 Å². The van der Waals surface area contributed by atoms with Crippen LogP contribution in [0.5, 0.6) is 11.5 Å². The number of rotatable bonds is 11. The number of hydrogen-bond donors (Lipinski definition) is 1. The van der Waals surface area contributed by atoms with E-state index in [4.69, 9.17) is 21.1 Å². The van der Waals surface area contributed by atoms with Crippen LogP contribution in [0.15, 0.2) is 53.7 Å². The predicted molar refractivity (Wildman–Crippen MR) is 129 cm³/mol. The summed E-state index contributed by atoms with van der Waals surface area (Å²) in [6.07, 6.45) is 2.38. The van der Waals surface area contributed by atoms with Crippen LogP contribution in [0.4, 0.5) is 0 Å². The molecule has 1 heterocycles. The highest BCUT2D eigenvalue weighted by Crippen LogP contribution is 2.32. The minimum Gasteiger partial charge on any atom is -0.494 e. The molecule has 1 atom stereocenters. The van der Waals surface area contributed by atoms with Crippen molar-refractivity contribution in [3.8, 4) is 17.2 Å². The van der Waals surface area contributed by atoms with Crippen LogP contribution >= 0.6 is 23.4 Å². The van der Waals surface area contributed by atoms with Gasteiger partial charge in [-0.15, -0.1) is 10.2 Å². The summed E-state index contributed by atoms with van der Waals surface area (Å²) in [4.78, 5) is 12.4. The molecule has 0 radical (unpaired) electrons. The molecule has 7 nitrogen and oxygen atoms in total. The lowest BCUT2D eigenvalue weighted by Gasteiger charge is -2.13. The first-order valence-corrected chi connectivity index (χ1v) is 12.4. The summed E-state index contributed by atoms with van der Waals surface area (Å²) >= 11 is 7.43. The Kier molecular flexibility index (Phi) is 7.77. The van der Waals surface area contributed by atoms with Crippen molar-refractivity contribution in [3.05, 3.63) is 59.4 Å². The number of amides is 1. The van der Waals surface area contributed by atoms with Crippen molar-refractivity contribution in [1.82, 2.24) is 20.1 Å². The first kappa shape index (κ1) is 23.4. The fourth-order valence-electron chi connectivity index (χ4n) is 3.42. The molecular formula is C24H27ClN4O3S. The molecule has 9 heteroatoms. The van der Waals surface area contributed by atoms with Crippen molar-refractivity contribution in [2.45, 2.75) is 44.5 Å². The Morgan fingerprint density at radius 1 is 1.12 bits per heavy atom. The Balaban J connectivity index is 1.47. The quantitative estimate of drug-likeness (QED) is 0.388. The molecule has 0 aliphatic heterocycles. The van der Waals surface area contributed by atoms with Gasteiger partial charge in [0, 0.05) is 16.8 Å². The van der Waals surface area contributed by atoms with Crippen LogP contribution in [-0.4, -0.2) is 39.1 Å². The van der Waals surface area contributed by atoms with E-state index in [0.29, 0.717) is 34.3 Å². The van der Waals surface area contributed by atoms with Gasteiger partial charge >= 0.3 is 0 Å². The number of nitrogens with zero attached hydrogens (tertiary/aromatic N) is 3. The predicted octanol–water partition coefficient (Wildman–Crippen LogP) is 4.91. The van der Waals surface area contributed by atoms with Crippen LogP contribution in [0.2, 0.25) is 5.02 Å². The molecule has 1 saturated carbocycles. The molecular weight excluding hydrogens is 460 g/mol. The molecule has 1 unspecified atom stereocenters. The number of carbonyl (C=O) groups is 1. The monoisotopic (exact) mass is 486 g/mol. The molecule has 1 amide bonds. The topological polar surface area (TPSA) is 78.3 Å². The van der Waals surface area contributed by atoms with Crippen molar-refractivity contribution < 1.29 is 14.3 Å². The fraction of sp³-hybridized carbons (Fsp3) is 0.375. The molecule has 33 heavy (non-hydrogen) atoms. The van der Waals surface area contributed by atoms with Gasteiger partial charge in [-0.1, -0.05) is 23.4 Å². The average Bonchev–Trinajstić information content (AvgIpc) is 3.59. The van der Waals surface area contributed by atoms with Gasteiger partial charge in [-0.2, -0.15) is 0 Å². The molecule has 1 aliphatic carbocycles. The number of carbonyl (C=O) groups excluding carboxylic acids is 1. The van der Waals surface area contributed by atoms with Crippen molar-refractivity contribution in [3.63, 3.8) is 0 Å². The number of halogens is 1. The van der Waals surface area contributed by atoms with Crippen LogP contribution in [-0.2, 0) is 11.4 Å². The lowest BCUT2D eigenvalue weighted by molar-refractivity contribution is -0.119. The van der Waals surface area contributed by atoms with E-state index in [0.717, 1.165) is 11.4 Å². The molecule has 4 rings (SSSR count). The zero-order valence-corrected chi connectivity index (χ0v) is 20.2. The van der Waals surface area contributed by atoms with Crippen molar-refractivity contribution >= 4 is 29.3 Å². The minimum atomic E-state index is -0.00255. The maximum absolute atomic E-state index is 12.4. The number of ether oxygens (including phenoxy) is 2. The molecule has 2 aromatic carbocycles. The highest BCUT2D eigenvalue weighted by molar-refractivity contribution is 7.99. The zero-order valence-electron chi connectivity index (χ0n) is 18.7. The molecule has 1 aromatic heterocycles. The molecule has 1 fully saturated rings. The van der Waals surface area contributed by atoms with Crippen molar-refractivity contribution in [2.75, 3.05) is 12.4 Å². The number of thioether (sulfide) groups is 1. The largest absolute Gasteiger partial charge is 0.494 e. The first-order chi connectivity index (χ1) is 16.0. The van der Waals surface area contributed by atoms with Gasteiger partial charge in [0.15, 0.2) is 11.0 Å². The van der Waals surface area contributed by atoms with Crippen LogP contribution in [0.25, 0.3) is 5.69 Å². The molecule has 1 N–H and O–H groups in total. The smallest absolute Gasteiger partial charge is 0.230 e. The van der Waals surface area contributed by atoms with Crippen LogP contribution in [0.3, 0.4) is 0 Å². The van der Waals surface area contributed by atoms with Gasteiger partial charge in [0.25, 0.3) is 0 Å². The number of hydrogen-bond acceptors (Lipinski definition) is 6. The van der Waals surface area contributed by atoms with Crippen LogP contribution in [0.1, 0.15) is 32.5 Å². The lowest BCUT2D eigenvalue weighted by atomic mass is 10.2. The molecule has 0 bridgehead atoms. The Morgan fingerprint density at radius 2 is 1.79 bits per heavy atom. The van der Waals surface area contributed by atoms with Gasteiger partial charge in [0.2, 0.25) is 5.91 Å². The molecule has 0 spiro atoms. The summed E-state index contributed by atoms with van der Waals surface area (Å²) in [7, 11) is 0. The standard InChI is InChI=1S/C24H27ClN4O3S/c1-3-31-20-10-12-21(13-11-20)32-14-22-27-28-24(29(22)19-8-6-18(25)7-9-19)33-15-23(30)26-16(2)17-4-5-17/h6-13,16-17H,3-5,14-15H2,1-2H3,(H,26,30). The third kappa shape index (κ3) is 6.42. The average molecular weight is 487 g/mol. The Hall–Kier alpha value is -2.71. The fourth-order valence-corrected chi connectivity index (χ4v) is 4.33. The number of nitrogens with one attached hydrogen (secondary N) is 1. The highest BCUT2D eigenvalue weighted by Gasteiger charge is 2.29. The maximum atomic E-state index is 12.4. The van der Waals surface area contributed by atoms with E-state index in [2.05, 4.69) is 22.4 Å². The van der Waals surface area contributed by atoms with E-state index in [-0.39, 0.29) is 24.3 Å². The summed E-state index contributed by atoms with van der Waals surface area (Å²) in [5.41, 5.74) is 0.851. The zero-order chi connectivity index (χ0) is 23.2. The second-order valence-corrected chi connectivity index (χ2v) is 9.26. The van der Waals surface area contributed by atoms with Gasteiger partial charge in [-0.3, -0.25) is 9.36 Å². The molecule has 3 aromatic rings. The number of aromatic nitrogens is 3. The van der Waals surface area contributed by atoms with Gasteiger partial charge in [-0.25, -0.2) is 0 Å². The van der Waals surface area contributed by atoms with E-state index in [1.54, 1.807) is 0 Å². The summed E-state index contributed by atoms with van der Waals surface area (Å²) in [5, 5.41) is 13.0. The normalized spacial score (nSPS) is 14.0. The maximum Gasteiger partial charge on any atom is 0.230 e. The first-order valence-electron chi connectivity index (χ1n) is 11.0. The van der Waals surface area contributed by atoms with Gasteiger partial charge in [-0.05, 0) is 81.1 Å². The Labute approximate surface area is 202 Å². The second kappa shape index (κ2) is 10.9. The van der Waals surface area contributed by atoms with E-state index >= 15 is 0 Å². The Morgan fingerprint density at radius 3 is 2.42 bits per heavy atom. The van der Waals surface area contributed by atoms with Crippen LogP contribution in [0, 0.1) is 5.92 Å². The van der Waals surface area contributed by atoms with E-state index < -0.39 is 0 Å². The second-order valence-electron chi connectivity index (χ2n) is 7.89. The third-order valence-electron chi connectivity index (χ3n) is 5.34. The van der Waals surface area contributed by atoms with Crippen LogP contribution < -0.4 is 14.8 Å². The number of benzene rings is 2. The van der Waals surface area contributed by atoms with Crippen molar-refractivity contribution in [1.29, 1.82) is 0 Å². The van der Waals surface area contributed by atoms with E-state index in [9.17, 15) is 4.79 Å². The van der Waals surface area contributed by atoms with E-state index in [1.807, 2.05) is 60.0 Å². The van der Waals surface area contributed by atoms with Gasteiger partial charge in [0.05, 0.1) is 12.4 Å². The van der Waals surface area contributed by atoms with Gasteiger partial charge in [0.1, 0.15) is 18.1 Å². The SMILES string of the molecule is CCOc1ccc(OCc2nnc(SCC(=O)NC(C)C3CC3)n2-c2ccc(Cl)cc2)cc1. The summed E-state index contributed by atoms with van der Waals surface area (Å²) in [6, 6.07) is 15.1. The van der Waals surface area contributed by atoms with E-state index in [1.165, 1.54) is 24.6 Å². The summed E-state index contributed by atoms with van der Waals surface area (Å²) in [6.45, 7) is 4.84. The summed E-state index contributed by atoms with van der Waals surface area (Å²) in [5.74, 6) is 3.00. The third-order valence-corrected chi connectivity index (χ3v) is 6.52. The molecule has 1 aliphatic rings. The van der Waals surface area contributed by atoms with Crippen molar-refractivity contribution in [2.24, 2.45) is 5.92 Å².